The molecule has 2 saturated heterocycles. The van der Waals surface area contributed by atoms with Crippen molar-refractivity contribution in [2.75, 3.05) is 24.7 Å². The third-order valence-corrected chi connectivity index (χ3v) is 7.20. The van der Waals surface area contributed by atoms with Crippen molar-refractivity contribution in [2.24, 2.45) is 0 Å². The maximum atomic E-state index is 11.7. The SMILES string of the molecule is Nc1nc2c(ncn2[C@@H]2O[C@H](CO)[C@@H](O)[C@H]2O)c(=O)[nH]1.Nc1nc2c(ncn2[C@@H]2O[C@H](COP(=O)(O)O)[C@@H](O)[C@H]2O)c(=O)[nH]1. The van der Waals surface area contributed by atoms with E-state index in [0.29, 0.717) is 0 Å². The number of aliphatic hydroxyl groups excluding tert-OH is 5. The van der Waals surface area contributed by atoms with E-state index in [0.717, 1.165) is 0 Å². The number of nitrogens with two attached hydrogens (primary N) is 2. The molecular weight excluding hydrogens is 619 g/mol. The second-order valence-electron chi connectivity index (χ2n) is 9.61. The van der Waals surface area contributed by atoms with Gasteiger partial charge in [0.1, 0.15) is 36.6 Å². The van der Waals surface area contributed by atoms with E-state index in [1.54, 1.807) is 0 Å². The fraction of sp³-hybridized carbons (Fsp3) is 0.500. The van der Waals surface area contributed by atoms with Crippen LogP contribution in [0.1, 0.15) is 12.5 Å². The second kappa shape index (κ2) is 11.9. The van der Waals surface area contributed by atoms with Crippen molar-refractivity contribution in [1.29, 1.82) is 0 Å². The van der Waals surface area contributed by atoms with Crippen LogP contribution in [0.2, 0.25) is 0 Å². The number of rotatable bonds is 6. The zero-order valence-corrected chi connectivity index (χ0v) is 22.9. The molecule has 0 spiro atoms. The quantitative estimate of drug-likeness (QED) is 0.0871. The lowest BCUT2D eigenvalue weighted by molar-refractivity contribution is -0.0511. The van der Waals surface area contributed by atoms with E-state index in [-0.39, 0.29) is 34.2 Å². The summed E-state index contributed by atoms with van der Waals surface area (Å²) in [7, 11) is -4.76. The van der Waals surface area contributed by atoms with Crippen molar-refractivity contribution in [3.05, 3.63) is 33.4 Å². The first-order valence-electron chi connectivity index (χ1n) is 12.5. The van der Waals surface area contributed by atoms with E-state index in [1.165, 1.54) is 21.8 Å². The third-order valence-electron chi connectivity index (χ3n) is 6.71. The number of imidazole rings is 2. The van der Waals surface area contributed by atoms with Gasteiger partial charge in [-0.25, -0.2) is 14.5 Å². The molecule has 13 N–H and O–H groups in total. The fourth-order valence-electron chi connectivity index (χ4n) is 4.64. The van der Waals surface area contributed by atoms with Crippen molar-refractivity contribution < 1.29 is 53.9 Å². The predicted molar refractivity (Wildman–Crippen MR) is 142 cm³/mol. The number of anilines is 2. The van der Waals surface area contributed by atoms with E-state index in [9.17, 15) is 34.6 Å². The van der Waals surface area contributed by atoms with Crippen LogP contribution in [0.25, 0.3) is 22.3 Å². The molecule has 6 heterocycles. The maximum Gasteiger partial charge on any atom is 0.469 e. The number of fused-ring (bicyclic) bond motifs is 2. The standard InChI is InChI=1S/C10H14N5O8P.C10H13N5O5/c11-10-13-7-4(8(18)14-10)12-2-15(7)9-6(17)5(16)3(23-9)1-22-24(19,20)21;11-10-13-7-4(8(19)14-10)12-2-15(7)9-6(18)5(17)3(1-16)20-9/h2-3,5-6,9,16-17H,1H2,(H2,19,20,21)(H3,11,13,14,18);2-3,5-6,9,16-18H,1H2,(H3,11,13,14,19)/t2*3-,5-,6-,9-/m11/s1. The summed E-state index contributed by atoms with van der Waals surface area (Å²) in [6.07, 6.45) is -7.43. The number of nitrogens with zero attached hydrogens (tertiary/aromatic N) is 6. The second-order valence-corrected chi connectivity index (χ2v) is 10.9. The van der Waals surface area contributed by atoms with Gasteiger partial charge in [-0.2, -0.15) is 9.97 Å². The molecule has 0 saturated carbocycles. The van der Waals surface area contributed by atoms with E-state index in [4.69, 9.17) is 35.8 Å². The van der Waals surface area contributed by atoms with Gasteiger partial charge in [0.2, 0.25) is 11.9 Å². The Kier molecular flexibility index (Phi) is 8.54. The highest BCUT2D eigenvalue weighted by Crippen LogP contribution is 2.38. The topological polar surface area (TPSA) is 366 Å². The summed E-state index contributed by atoms with van der Waals surface area (Å²) in [5.74, 6) is -0.278. The first kappa shape index (κ1) is 31.6. The molecule has 2 aliphatic heterocycles. The summed E-state index contributed by atoms with van der Waals surface area (Å²) in [4.78, 5) is 60.9. The third kappa shape index (κ3) is 5.93. The lowest BCUT2D eigenvalue weighted by atomic mass is 10.1. The number of nitrogen functional groups attached to an aromatic ring is 2. The number of aromatic nitrogens is 8. The van der Waals surface area contributed by atoms with Gasteiger partial charge in [0.25, 0.3) is 11.1 Å². The minimum absolute atomic E-state index is 0.0176. The average Bonchev–Trinajstić information content (AvgIpc) is 3.69. The van der Waals surface area contributed by atoms with Gasteiger partial charge in [-0.3, -0.25) is 33.2 Å². The maximum absolute atomic E-state index is 11.7. The highest BCUT2D eigenvalue weighted by Gasteiger charge is 2.46. The lowest BCUT2D eigenvalue weighted by Crippen LogP contribution is -2.33. The van der Waals surface area contributed by atoms with Crippen LogP contribution < -0.4 is 22.6 Å². The number of aliphatic hydroxyl groups is 5. The number of phosphoric acid groups is 1. The molecule has 240 valence electrons. The molecule has 0 aromatic carbocycles. The van der Waals surface area contributed by atoms with Crippen LogP contribution in [0, 0.1) is 0 Å². The summed E-state index contributed by atoms with van der Waals surface area (Å²) in [6.45, 7) is -1.10. The number of aromatic amines is 2. The monoisotopic (exact) mass is 646 g/mol. The van der Waals surface area contributed by atoms with E-state index in [2.05, 4.69) is 34.4 Å². The molecule has 0 amide bonds. The van der Waals surface area contributed by atoms with Crippen LogP contribution >= 0.6 is 7.82 Å². The minimum atomic E-state index is -4.76. The molecule has 6 rings (SSSR count). The molecule has 4 aromatic heterocycles. The number of ether oxygens (including phenoxy) is 2. The Morgan fingerprint density at radius 1 is 0.818 bits per heavy atom. The van der Waals surface area contributed by atoms with Crippen molar-refractivity contribution in [1.82, 2.24) is 39.0 Å². The van der Waals surface area contributed by atoms with E-state index in [1.807, 2.05) is 0 Å². The Hall–Kier alpha value is -3.87. The molecular formula is C20H27N10O13P. The van der Waals surface area contributed by atoms with Crippen LogP contribution in [0.15, 0.2) is 22.2 Å². The van der Waals surface area contributed by atoms with Crippen molar-refractivity contribution in [2.45, 2.75) is 49.1 Å². The zero-order chi connectivity index (χ0) is 32.1. The molecule has 8 atom stereocenters. The molecule has 4 aromatic rings. The summed E-state index contributed by atoms with van der Waals surface area (Å²) >= 11 is 0. The molecule has 2 aliphatic rings. The van der Waals surface area contributed by atoms with Gasteiger partial charge < -0.3 is 56.3 Å². The van der Waals surface area contributed by atoms with Gasteiger partial charge in [0, 0.05) is 0 Å². The van der Waals surface area contributed by atoms with E-state index < -0.39 is 81.2 Å². The highest BCUT2D eigenvalue weighted by atomic mass is 31.2. The first-order valence-corrected chi connectivity index (χ1v) is 14.0. The number of H-pyrrole nitrogens is 2. The normalized spacial score (nSPS) is 28.9. The van der Waals surface area contributed by atoms with Crippen molar-refractivity contribution >= 4 is 42.0 Å². The average molecular weight is 646 g/mol. The highest BCUT2D eigenvalue weighted by molar-refractivity contribution is 7.46. The smallest absolute Gasteiger partial charge is 0.394 e. The van der Waals surface area contributed by atoms with Crippen LogP contribution in [0.4, 0.5) is 11.9 Å². The van der Waals surface area contributed by atoms with Crippen LogP contribution in [-0.2, 0) is 18.6 Å². The molecule has 0 aliphatic carbocycles. The van der Waals surface area contributed by atoms with Crippen molar-refractivity contribution in [3.8, 4) is 0 Å². The zero-order valence-electron chi connectivity index (χ0n) is 22.1. The molecule has 24 heteroatoms. The van der Waals surface area contributed by atoms with Gasteiger partial charge in [0.05, 0.1) is 25.9 Å². The van der Waals surface area contributed by atoms with Gasteiger partial charge >= 0.3 is 7.82 Å². The summed E-state index contributed by atoms with van der Waals surface area (Å²) < 4.78 is 28.2. The lowest BCUT2D eigenvalue weighted by Gasteiger charge is -2.16. The van der Waals surface area contributed by atoms with E-state index >= 15 is 0 Å². The van der Waals surface area contributed by atoms with Gasteiger partial charge in [-0.15, -0.1) is 0 Å². The Bertz CT molecular complexity index is 1820. The van der Waals surface area contributed by atoms with Gasteiger partial charge in [-0.05, 0) is 0 Å². The van der Waals surface area contributed by atoms with Crippen molar-refractivity contribution in [3.63, 3.8) is 0 Å². The molecule has 0 unspecified atom stereocenters. The number of hydrogen-bond acceptors (Lipinski definition) is 17. The minimum Gasteiger partial charge on any atom is -0.394 e. The van der Waals surface area contributed by atoms with Gasteiger partial charge in [0.15, 0.2) is 34.8 Å². The molecule has 0 bridgehead atoms. The number of phosphoric ester groups is 1. The van der Waals surface area contributed by atoms with Gasteiger partial charge in [-0.1, -0.05) is 0 Å². The Morgan fingerprint density at radius 2 is 1.25 bits per heavy atom. The Labute approximate surface area is 242 Å². The molecule has 2 fully saturated rings. The summed E-state index contributed by atoms with van der Waals surface area (Å²) in [6, 6.07) is 0. The van der Waals surface area contributed by atoms with Crippen LogP contribution in [-0.4, -0.2) is 124 Å². The van der Waals surface area contributed by atoms with Crippen LogP contribution in [0.3, 0.4) is 0 Å². The Morgan fingerprint density at radius 3 is 1.66 bits per heavy atom. The number of nitrogens with one attached hydrogen (secondary N) is 2. The Balaban J connectivity index is 0.000000177. The molecule has 0 radical (unpaired) electrons. The molecule has 23 nitrogen and oxygen atoms in total. The summed E-state index contributed by atoms with van der Waals surface area (Å²) in [5.41, 5.74) is 9.96. The first-order chi connectivity index (χ1) is 20.7. The summed E-state index contributed by atoms with van der Waals surface area (Å²) in [5, 5.41) is 48.8. The van der Waals surface area contributed by atoms with Crippen LogP contribution in [0.5, 0.6) is 0 Å². The fourth-order valence-corrected chi connectivity index (χ4v) is 4.98. The largest absolute Gasteiger partial charge is 0.469 e. The predicted octanol–water partition coefficient (Wildman–Crippen LogP) is -5.26. The number of hydrogen-bond donors (Lipinski definition) is 11. The molecule has 44 heavy (non-hydrogen) atoms.